The van der Waals surface area contributed by atoms with E-state index < -0.39 is 0 Å². The molecule has 164 valence electrons. The molecule has 4 rings (SSSR count). The number of hydrogen-bond acceptors (Lipinski definition) is 5. The standard InChI is InChI=1S/C25H26N4O3/c30-25(26-22-11-5-4-10-21(22)20-8-2-1-3-9-20)14-15-27-16-18-28(19-17-27)23-12-6-7-13-24(23)29(31)32/h1-13H,14-19H2,(H,26,30). The highest BCUT2D eigenvalue weighted by atomic mass is 16.6. The molecule has 0 spiro atoms. The van der Waals surface area contributed by atoms with Crippen LogP contribution >= 0.6 is 0 Å². The van der Waals surface area contributed by atoms with E-state index in [1.807, 2.05) is 65.6 Å². The molecular weight excluding hydrogens is 404 g/mol. The Hall–Kier alpha value is -3.71. The fourth-order valence-corrected chi connectivity index (χ4v) is 4.03. The molecule has 0 aliphatic carbocycles. The van der Waals surface area contributed by atoms with Gasteiger partial charge in [0.15, 0.2) is 0 Å². The number of amides is 1. The Bertz CT molecular complexity index is 1080. The highest BCUT2D eigenvalue weighted by molar-refractivity contribution is 5.95. The van der Waals surface area contributed by atoms with E-state index in [1.54, 1.807) is 18.2 Å². The quantitative estimate of drug-likeness (QED) is 0.444. The van der Waals surface area contributed by atoms with Gasteiger partial charge in [0.2, 0.25) is 5.91 Å². The van der Waals surface area contributed by atoms with E-state index in [4.69, 9.17) is 0 Å². The van der Waals surface area contributed by atoms with E-state index in [0.29, 0.717) is 31.7 Å². The summed E-state index contributed by atoms with van der Waals surface area (Å²) in [7, 11) is 0. The van der Waals surface area contributed by atoms with Gasteiger partial charge in [-0.15, -0.1) is 0 Å². The van der Waals surface area contributed by atoms with E-state index >= 15 is 0 Å². The maximum Gasteiger partial charge on any atom is 0.292 e. The van der Waals surface area contributed by atoms with Crippen molar-refractivity contribution in [3.8, 4) is 11.1 Å². The summed E-state index contributed by atoms with van der Waals surface area (Å²) in [6.07, 6.45) is 0.397. The molecule has 0 radical (unpaired) electrons. The second-order valence-electron chi connectivity index (χ2n) is 7.78. The lowest BCUT2D eigenvalue weighted by Gasteiger charge is -2.35. The summed E-state index contributed by atoms with van der Waals surface area (Å²) in [5, 5.41) is 14.3. The van der Waals surface area contributed by atoms with Crippen molar-refractivity contribution in [2.45, 2.75) is 6.42 Å². The molecule has 1 N–H and O–H groups in total. The van der Waals surface area contributed by atoms with Crippen LogP contribution in [0.15, 0.2) is 78.9 Å². The molecule has 0 bridgehead atoms. The van der Waals surface area contributed by atoms with Crippen molar-refractivity contribution >= 4 is 23.0 Å². The number of benzene rings is 3. The molecule has 0 atom stereocenters. The predicted molar refractivity (Wildman–Crippen MR) is 127 cm³/mol. The first kappa shape index (κ1) is 21.5. The average Bonchev–Trinajstić information content (AvgIpc) is 2.84. The molecule has 1 heterocycles. The Morgan fingerprint density at radius 2 is 1.53 bits per heavy atom. The van der Waals surface area contributed by atoms with E-state index in [9.17, 15) is 14.9 Å². The van der Waals surface area contributed by atoms with E-state index in [0.717, 1.165) is 29.9 Å². The van der Waals surface area contributed by atoms with Crippen molar-refractivity contribution in [3.63, 3.8) is 0 Å². The maximum atomic E-state index is 12.6. The number of rotatable bonds is 7. The third kappa shape index (κ3) is 5.12. The number of anilines is 2. The Morgan fingerprint density at radius 1 is 0.875 bits per heavy atom. The molecular formula is C25H26N4O3. The van der Waals surface area contributed by atoms with Crippen LogP contribution < -0.4 is 10.2 Å². The first-order valence-corrected chi connectivity index (χ1v) is 10.8. The number of carbonyl (C=O) groups excluding carboxylic acids is 1. The SMILES string of the molecule is O=C(CCN1CCN(c2ccccc2[N+](=O)[O-])CC1)Nc1ccccc1-c1ccccc1. The minimum absolute atomic E-state index is 0.0190. The molecule has 3 aromatic rings. The third-order valence-corrected chi connectivity index (χ3v) is 5.73. The number of nitro groups is 1. The van der Waals surface area contributed by atoms with E-state index in [-0.39, 0.29) is 16.5 Å². The van der Waals surface area contributed by atoms with Gasteiger partial charge in [0.25, 0.3) is 5.69 Å². The molecule has 1 aliphatic heterocycles. The van der Waals surface area contributed by atoms with Crippen molar-refractivity contribution < 1.29 is 9.72 Å². The molecule has 1 amide bonds. The molecule has 0 saturated carbocycles. The van der Waals surface area contributed by atoms with Crippen LogP contribution in [0.25, 0.3) is 11.1 Å². The van der Waals surface area contributed by atoms with Gasteiger partial charge in [-0.25, -0.2) is 0 Å². The fraction of sp³-hybridized carbons (Fsp3) is 0.240. The molecule has 3 aromatic carbocycles. The maximum absolute atomic E-state index is 12.6. The van der Waals surface area contributed by atoms with Crippen molar-refractivity contribution in [1.82, 2.24) is 4.90 Å². The summed E-state index contributed by atoms with van der Waals surface area (Å²) >= 11 is 0. The molecule has 0 aromatic heterocycles. The third-order valence-electron chi connectivity index (χ3n) is 5.73. The van der Waals surface area contributed by atoms with Crippen molar-refractivity contribution in [2.24, 2.45) is 0 Å². The summed E-state index contributed by atoms with van der Waals surface area (Å²) in [6.45, 7) is 3.58. The minimum Gasteiger partial charge on any atom is -0.363 e. The van der Waals surface area contributed by atoms with Gasteiger partial charge in [0.05, 0.1) is 4.92 Å². The van der Waals surface area contributed by atoms with Gasteiger partial charge in [0, 0.05) is 56.5 Å². The first-order valence-electron chi connectivity index (χ1n) is 10.8. The van der Waals surface area contributed by atoms with E-state index in [1.165, 1.54) is 0 Å². The Kier molecular flexibility index (Phi) is 6.77. The summed E-state index contributed by atoms with van der Waals surface area (Å²) in [4.78, 5) is 27.9. The molecule has 7 nitrogen and oxygen atoms in total. The molecule has 1 saturated heterocycles. The summed E-state index contributed by atoms with van der Waals surface area (Å²) in [5.74, 6) is -0.0190. The van der Waals surface area contributed by atoms with Crippen molar-refractivity contribution in [3.05, 3.63) is 89.0 Å². The van der Waals surface area contributed by atoms with E-state index in [2.05, 4.69) is 10.2 Å². The normalized spacial score (nSPS) is 14.2. The lowest BCUT2D eigenvalue weighted by molar-refractivity contribution is -0.384. The summed E-state index contributed by atoms with van der Waals surface area (Å²) in [5.41, 5.74) is 3.67. The van der Waals surface area contributed by atoms with Crippen LogP contribution in [0.4, 0.5) is 17.1 Å². The number of piperazine rings is 1. The van der Waals surface area contributed by atoms with Gasteiger partial charge in [-0.2, -0.15) is 0 Å². The monoisotopic (exact) mass is 430 g/mol. The van der Waals surface area contributed by atoms with Gasteiger partial charge >= 0.3 is 0 Å². The Morgan fingerprint density at radius 3 is 2.28 bits per heavy atom. The summed E-state index contributed by atoms with van der Waals surface area (Å²) in [6, 6.07) is 24.7. The van der Waals surface area contributed by atoms with Crippen LogP contribution in [0.3, 0.4) is 0 Å². The summed E-state index contributed by atoms with van der Waals surface area (Å²) < 4.78 is 0. The van der Waals surface area contributed by atoms with Gasteiger partial charge in [-0.05, 0) is 17.7 Å². The van der Waals surface area contributed by atoms with Crippen molar-refractivity contribution in [1.29, 1.82) is 0 Å². The van der Waals surface area contributed by atoms with Crippen LogP contribution in [0.5, 0.6) is 0 Å². The zero-order chi connectivity index (χ0) is 22.3. The Labute approximate surface area is 187 Å². The number of para-hydroxylation sites is 3. The van der Waals surface area contributed by atoms with Crippen LogP contribution in [0.1, 0.15) is 6.42 Å². The number of nitrogens with zero attached hydrogens (tertiary/aromatic N) is 3. The fourth-order valence-electron chi connectivity index (χ4n) is 4.03. The Balaban J connectivity index is 1.30. The molecule has 1 fully saturated rings. The van der Waals surface area contributed by atoms with Crippen LogP contribution in [-0.2, 0) is 4.79 Å². The topological polar surface area (TPSA) is 78.7 Å². The van der Waals surface area contributed by atoms with Crippen LogP contribution in [-0.4, -0.2) is 48.5 Å². The van der Waals surface area contributed by atoms with Crippen molar-refractivity contribution in [2.75, 3.05) is 42.9 Å². The smallest absolute Gasteiger partial charge is 0.292 e. The molecule has 7 heteroatoms. The zero-order valence-electron chi connectivity index (χ0n) is 17.8. The van der Waals surface area contributed by atoms with Gasteiger partial charge < -0.3 is 10.2 Å². The lowest BCUT2D eigenvalue weighted by Crippen LogP contribution is -2.47. The van der Waals surface area contributed by atoms with Crippen LogP contribution in [0.2, 0.25) is 0 Å². The largest absolute Gasteiger partial charge is 0.363 e. The number of hydrogen-bond donors (Lipinski definition) is 1. The second kappa shape index (κ2) is 10.1. The average molecular weight is 431 g/mol. The highest BCUT2D eigenvalue weighted by Crippen LogP contribution is 2.29. The highest BCUT2D eigenvalue weighted by Gasteiger charge is 2.23. The minimum atomic E-state index is -0.334. The molecule has 0 unspecified atom stereocenters. The van der Waals surface area contributed by atoms with Gasteiger partial charge in [0.1, 0.15) is 5.69 Å². The predicted octanol–water partition coefficient (Wildman–Crippen LogP) is 4.41. The first-order chi connectivity index (χ1) is 15.6. The zero-order valence-corrected chi connectivity index (χ0v) is 17.8. The molecule has 1 aliphatic rings. The number of nitro benzene ring substituents is 1. The van der Waals surface area contributed by atoms with Gasteiger partial charge in [-0.1, -0.05) is 60.7 Å². The lowest BCUT2D eigenvalue weighted by atomic mass is 10.0. The molecule has 32 heavy (non-hydrogen) atoms. The number of nitrogens with one attached hydrogen (secondary N) is 1. The van der Waals surface area contributed by atoms with Gasteiger partial charge in [-0.3, -0.25) is 19.8 Å². The second-order valence-corrected chi connectivity index (χ2v) is 7.78. The number of carbonyl (C=O) groups is 1. The van der Waals surface area contributed by atoms with Crippen LogP contribution in [0, 0.1) is 10.1 Å².